The summed E-state index contributed by atoms with van der Waals surface area (Å²) in [5.74, 6) is -1.28. The number of halogens is 2. The summed E-state index contributed by atoms with van der Waals surface area (Å²) in [6, 6.07) is 2.64. The lowest BCUT2D eigenvalue weighted by Gasteiger charge is -2.07. The van der Waals surface area contributed by atoms with Crippen molar-refractivity contribution >= 4 is 25.7 Å². The molecule has 4 nitrogen and oxygen atoms in total. The van der Waals surface area contributed by atoms with Crippen molar-refractivity contribution in [1.82, 2.24) is 0 Å². The number of carbonyl (C=O) groups is 1. The maximum absolute atomic E-state index is 13.2. The third kappa shape index (κ3) is 5.16. The third-order valence-electron chi connectivity index (χ3n) is 2.32. The SMILES string of the molecule is CC(C)CCOC(=O)c1cc(F)cc(S(=O)(=O)Cl)c1. The Kier molecular flexibility index (Phi) is 5.31. The van der Waals surface area contributed by atoms with Crippen molar-refractivity contribution in [3.05, 3.63) is 29.6 Å². The zero-order chi connectivity index (χ0) is 14.6. The molecule has 7 heteroatoms. The quantitative estimate of drug-likeness (QED) is 0.620. The highest BCUT2D eigenvalue weighted by Gasteiger charge is 2.16. The first-order valence-corrected chi connectivity index (χ1v) is 7.93. The molecule has 1 aromatic carbocycles. The highest BCUT2D eigenvalue weighted by Crippen LogP contribution is 2.19. The van der Waals surface area contributed by atoms with Crippen molar-refractivity contribution in [2.75, 3.05) is 6.61 Å². The van der Waals surface area contributed by atoms with Crippen LogP contribution in [0.1, 0.15) is 30.6 Å². The summed E-state index contributed by atoms with van der Waals surface area (Å²) in [6.45, 7) is 4.12. The van der Waals surface area contributed by atoms with E-state index < -0.39 is 25.7 Å². The van der Waals surface area contributed by atoms with E-state index in [9.17, 15) is 17.6 Å². The van der Waals surface area contributed by atoms with Gasteiger partial charge >= 0.3 is 5.97 Å². The van der Waals surface area contributed by atoms with Crippen molar-refractivity contribution in [3.63, 3.8) is 0 Å². The van der Waals surface area contributed by atoms with Crippen LogP contribution in [0.4, 0.5) is 4.39 Å². The molecule has 0 spiro atoms. The van der Waals surface area contributed by atoms with Crippen LogP contribution in [0.15, 0.2) is 23.1 Å². The molecule has 0 aromatic heterocycles. The van der Waals surface area contributed by atoms with Gasteiger partial charge in [-0.25, -0.2) is 17.6 Å². The molecule has 0 radical (unpaired) electrons. The zero-order valence-electron chi connectivity index (χ0n) is 10.5. The van der Waals surface area contributed by atoms with Crippen molar-refractivity contribution in [2.24, 2.45) is 5.92 Å². The number of hydrogen-bond donors (Lipinski definition) is 0. The van der Waals surface area contributed by atoms with Crippen LogP contribution < -0.4 is 0 Å². The third-order valence-corrected chi connectivity index (χ3v) is 3.65. The van der Waals surface area contributed by atoms with Gasteiger partial charge in [0.1, 0.15) is 5.82 Å². The van der Waals surface area contributed by atoms with Crippen LogP contribution in [0.2, 0.25) is 0 Å². The van der Waals surface area contributed by atoms with Gasteiger partial charge in [0.25, 0.3) is 9.05 Å². The molecule has 0 aliphatic heterocycles. The van der Waals surface area contributed by atoms with E-state index in [0.29, 0.717) is 12.3 Å². The molecule has 0 saturated heterocycles. The van der Waals surface area contributed by atoms with Crippen LogP contribution in [0.3, 0.4) is 0 Å². The van der Waals surface area contributed by atoms with E-state index in [4.69, 9.17) is 15.4 Å². The maximum atomic E-state index is 13.2. The predicted molar refractivity (Wildman–Crippen MR) is 69.2 cm³/mol. The summed E-state index contributed by atoms with van der Waals surface area (Å²) >= 11 is 0. The molecule has 0 atom stereocenters. The minimum Gasteiger partial charge on any atom is -0.462 e. The summed E-state index contributed by atoms with van der Waals surface area (Å²) in [4.78, 5) is 11.2. The summed E-state index contributed by atoms with van der Waals surface area (Å²) in [7, 11) is 1.02. The number of ether oxygens (including phenoxy) is 1. The lowest BCUT2D eigenvalue weighted by Crippen LogP contribution is -2.09. The number of rotatable bonds is 5. The molecule has 0 aliphatic carbocycles. The van der Waals surface area contributed by atoms with Crippen LogP contribution in [-0.2, 0) is 13.8 Å². The zero-order valence-corrected chi connectivity index (χ0v) is 12.1. The average Bonchev–Trinajstić information content (AvgIpc) is 2.26. The maximum Gasteiger partial charge on any atom is 0.338 e. The molecule has 0 aliphatic rings. The molecule has 106 valence electrons. The molecular formula is C12H14ClFO4S. The van der Waals surface area contributed by atoms with Crippen LogP contribution in [0.5, 0.6) is 0 Å². The Labute approximate surface area is 115 Å². The minimum atomic E-state index is -4.09. The second-order valence-electron chi connectivity index (χ2n) is 4.43. The lowest BCUT2D eigenvalue weighted by atomic mass is 10.1. The second kappa shape index (κ2) is 6.34. The van der Waals surface area contributed by atoms with Gasteiger partial charge in [0.15, 0.2) is 0 Å². The van der Waals surface area contributed by atoms with Gasteiger partial charge in [-0.05, 0) is 30.5 Å². The van der Waals surface area contributed by atoms with Crippen LogP contribution in [-0.4, -0.2) is 21.0 Å². The molecule has 0 amide bonds. The average molecular weight is 309 g/mol. The fourth-order valence-electron chi connectivity index (χ4n) is 1.29. The van der Waals surface area contributed by atoms with Gasteiger partial charge in [-0.15, -0.1) is 0 Å². The summed E-state index contributed by atoms with van der Waals surface area (Å²) in [6.07, 6.45) is 0.668. The Balaban J connectivity index is 2.89. The van der Waals surface area contributed by atoms with Crippen molar-refractivity contribution in [2.45, 2.75) is 25.2 Å². The molecule has 0 bridgehead atoms. The molecule has 0 unspecified atom stereocenters. The van der Waals surface area contributed by atoms with Gasteiger partial charge < -0.3 is 4.74 Å². The van der Waals surface area contributed by atoms with Crippen molar-refractivity contribution in [3.8, 4) is 0 Å². The van der Waals surface area contributed by atoms with Gasteiger partial charge in [-0.3, -0.25) is 0 Å². The first-order valence-electron chi connectivity index (χ1n) is 5.62. The van der Waals surface area contributed by atoms with E-state index in [1.165, 1.54) is 0 Å². The van der Waals surface area contributed by atoms with E-state index in [0.717, 1.165) is 18.2 Å². The molecule has 0 N–H and O–H groups in total. The Morgan fingerprint density at radius 1 is 1.37 bits per heavy atom. The van der Waals surface area contributed by atoms with Gasteiger partial charge in [0, 0.05) is 10.7 Å². The van der Waals surface area contributed by atoms with Crippen LogP contribution in [0, 0.1) is 11.7 Å². The Morgan fingerprint density at radius 3 is 2.53 bits per heavy atom. The van der Waals surface area contributed by atoms with E-state index in [1.54, 1.807) is 0 Å². The Morgan fingerprint density at radius 2 is 2.00 bits per heavy atom. The van der Waals surface area contributed by atoms with Gasteiger partial charge in [0.05, 0.1) is 17.1 Å². The largest absolute Gasteiger partial charge is 0.462 e. The first-order chi connectivity index (χ1) is 8.70. The predicted octanol–water partition coefficient (Wildman–Crippen LogP) is 2.96. The fourth-order valence-corrected chi connectivity index (χ4v) is 2.08. The second-order valence-corrected chi connectivity index (χ2v) is 7.00. The summed E-state index contributed by atoms with van der Waals surface area (Å²) < 4.78 is 40.4. The van der Waals surface area contributed by atoms with E-state index in [-0.39, 0.29) is 12.2 Å². The first kappa shape index (κ1) is 15.9. The van der Waals surface area contributed by atoms with Crippen molar-refractivity contribution in [1.29, 1.82) is 0 Å². The highest BCUT2D eigenvalue weighted by molar-refractivity contribution is 8.13. The fraction of sp³-hybridized carbons (Fsp3) is 0.417. The molecule has 1 rings (SSSR count). The van der Waals surface area contributed by atoms with Crippen LogP contribution >= 0.6 is 10.7 Å². The van der Waals surface area contributed by atoms with Crippen molar-refractivity contribution < 1.29 is 22.3 Å². The number of esters is 1. The monoisotopic (exact) mass is 308 g/mol. The number of benzene rings is 1. The Hall–Kier alpha value is -1.14. The summed E-state index contributed by atoms with van der Waals surface area (Å²) in [5, 5.41) is 0. The molecule has 0 saturated carbocycles. The van der Waals surface area contributed by atoms with Gasteiger partial charge in [0.2, 0.25) is 0 Å². The standard InChI is InChI=1S/C12H14ClFO4S/c1-8(2)3-4-18-12(15)9-5-10(14)7-11(6-9)19(13,16)17/h5-8H,3-4H2,1-2H3. The van der Waals surface area contributed by atoms with E-state index in [1.807, 2.05) is 13.8 Å². The van der Waals surface area contributed by atoms with Gasteiger partial charge in [-0.1, -0.05) is 13.8 Å². The number of carbonyl (C=O) groups excluding carboxylic acids is 1. The topological polar surface area (TPSA) is 60.4 Å². The molecule has 1 aromatic rings. The summed E-state index contributed by atoms with van der Waals surface area (Å²) in [5.41, 5.74) is -0.178. The van der Waals surface area contributed by atoms with Crippen LogP contribution in [0.25, 0.3) is 0 Å². The van der Waals surface area contributed by atoms with Gasteiger partial charge in [-0.2, -0.15) is 0 Å². The molecular weight excluding hydrogens is 295 g/mol. The normalized spacial score (nSPS) is 11.6. The highest BCUT2D eigenvalue weighted by atomic mass is 35.7. The molecule has 0 fully saturated rings. The minimum absolute atomic E-state index is 0.178. The van der Waals surface area contributed by atoms with E-state index in [2.05, 4.69) is 0 Å². The number of hydrogen-bond acceptors (Lipinski definition) is 4. The smallest absolute Gasteiger partial charge is 0.338 e. The molecule has 0 heterocycles. The molecule has 19 heavy (non-hydrogen) atoms. The Bertz CT molecular complexity index is 569. The lowest BCUT2D eigenvalue weighted by molar-refractivity contribution is 0.0487. The van der Waals surface area contributed by atoms with E-state index >= 15 is 0 Å².